The number of methoxy groups -OCH3 is 1. The van der Waals surface area contributed by atoms with E-state index in [1.807, 2.05) is 42.5 Å². The van der Waals surface area contributed by atoms with E-state index < -0.39 is 5.97 Å². The lowest BCUT2D eigenvalue weighted by Gasteiger charge is -2.35. The number of ether oxygens (including phenoxy) is 2. The molecule has 0 aliphatic carbocycles. The first-order valence-corrected chi connectivity index (χ1v) is 13.9. The van der Waals surface area contributed by atoms with Crippen LogP contribution in [-0.2, 0) is 6.54 Å². The summed E-state index contributed by atoms with van der Waals surface area (Å²) in [5.74, 6) is 1.80. The number of aromatic nitrogens is 1. The molecule has 41 heavy (non-hydrogen) atoms. The molecule has 3 aromatic carbocycles. The average molecular weight is 547 g/mol. The van der Waals surface area contributed by atoms with Crippen molar-refractivity contribution in [2.45, 2.75) is 26.3 Å². The van der Waals surface area contributed by atoms with Gasteiger partial charge in [0.05, 0.1) is 30.5 Å². The van der Waals surface area contributed by atoms with Crippen molar-refractivity contribution in [3.8, 4) is 28.7 Å². The monoisotopic (exact) mass is 546 g/mol. The zero-order valence-electron chi connectivity index (χ0n) is 23.7. The molecule has 0 saturated carbocycles. The first-order valence-electron chi connectivity index (χ1n) is 13.9. The SMILES string of the molecule is COc1cccc(C(=O)Oc2ccc(N3CCN(Cc4cccc(C#N)c4)CC3)nc2)c1-c1ccc(C(C)C)cc1. The summed E-state index contributed by atoms with van der Waals surface area (Å²) >= 11 is 0. The Hall–Kier alpha value is -4.67. The van der Waals surface area contributed by atoms with E-state index in [4.69, 9.17) is 14.7 Å². The second-order valence-corrected chi connectivity index (χ2v) is 10.5. The molecule has 1 aliphatic rings. The predicted molar refractivity (Wildman–Crippen MR) is 160 cm³/mol. The van der Waals surface area contributed by atoms with E-state index in [0.29, 0.717) is 34.1 Å². The Balaban J connectivity index is 1.23. The normalized spacial score (nSPS) is 13.6. The fourth-order valence-electron chi connectivity index (χ4n) is 5.12. The van der Waals surface area contributed by atoms with Crippen LogP contribution in [0.2, 0.25) is 0 Å². The summed E-state index contributed by atoms with van der Waals surface area (Å²) in [4.78, 5) is 22.5. The summed E-state index contributed by atoms with van der Waals surface area (Å²) in [5.41, 5.74) is 5.09. The van der Waals surface area contributed by atoms with Crippen molar-refractivity contribution in [2.24, 2.45) is 0 Å². The van der Waals surface area contributed by atoms with Crippen LogP contribution in [0.1, 0.15) is 46.8 Å². The molecule has 0 unspecified atom stereocenters. The largest absolute Gasteiger partial charge is 0.496 e. The van der Waals surface area contributed by atoms with Crippen LogP contribution in [0.4, 0.5) is 5.82 Å². The number of nitriles is 1. The standard InChI is InChI=1S/C34H34N4O3/c1-24(2)27-10-12-28(13-11-27)33-30(8-5-9-31(33)40-3)34(39)41-29-14-15-32(36-22-29)38-18-16-37(17-19-38)23-26-7-4-6-25(20-26)21-35/h4-15,20,22,24H,16-19,23H2,1-3H3. The molecular formula is C34H34N4O3. The molecule has 1 fully saturated rings. The average Bonchev–Trinajstić information content (AvgIpc) is 3.01. The Morgan fingerprint density at radius 3 is 2.39 bits per heavy atom. The Morgan fingerprint density at radius 2 is 1.73 bits per heavy atom. The highest BCUT2D eigenvalue weighted by molar-refractivity contribution is 6.00. The van der Waals surface area contributed by atoms with E-state index in [1.54, 1.807) is 31.5 Å². The van der Waals surface area contributed by atoms with Gasteiger partial charge in [0.2, 0.25) is 0 Å². The molecule has 0 atom stereocenters. The number of anilines is 1. The number of pyridine rings is 1. The van der Waals surface area contributed by atoms with E-state index >= 15 is 0 Å². The molecular weight excluding hydrogens is 512 g/mol. The number of carbonyl (C=O) groups excluding carboxylic acids is 1. The molecule has 7 heteroatoms. The maximum Gasteiger partial charge on any atom is 0.344 e. The van der Waals surface area contributed by atoms with Crippen molar-refractivity contribution in [3.63, 3.8) is 0 Å². The molecule has 208 valence electrons. The highest BCUT2D eigenvalue weighted by Gasteiger charge is 2.21. The van der Waals surface area contributed by atoms with Gasteiger partial charge in [-0.25, -0.2) is 9.78 Å². The quantitative estimate of drug-likeness (QED) is 0.240. The molecule has 0 radical (unpaired) electrons. The third kappa shape index (κ3) is 6.56. The molecule has 0 amide bonds. The number of rotatable bonds is 8. The highest BCUT2D eigenvalue weighted by Crippen LogP contribution is 2.35. The fraction of sp³-hybridized carbons (Fsp3) is 0.265. The van der Waals surface area contributed by atoms with E-state index in [0.717, 1.165) is 49.7 Å². The van der Waals surface area contributed by atoms with Gasteiger partial charge in [-0.1, -0.05) is 56.3 Å². The smallest absolute Gasteiger partial charge is 0.344 e. The van der Waals surface area contributed by atoms with Gasteiger partial charge < -0.3 is 14.4 Å². The molecule has 0 N–H and O–H groups in total. The summed E-state index contributed by atoms with van der Waals surface area (Å²) in [6, 6.07) is 27.3. The number of nitrogens with zero attached hydrogens (tertiary/aromatic N) is 4. The summed E-state index contributed by atoms with van der Waals surface area (Å²) in [5, 5.41) is 9.15. The first-order chi connectivity index (χ1) is 19.9. The minimum Gasteiger partial charge on any atom is -0.496 e. The Labute approximate surface area is 241 Å². The topological polar surface area (TPSA) is 78.7 Å². The third-order valence-electron chi connectivity index (χ3n) is 7.42. The molecule has 0 spiro atoms. The second-order valence-electron chi connectivity index (χ2n) is 10.5. The van der Waals surface area contributed by atoms with Crippen molar-refractivity contribution in [1.29, 1.82) is 5.26 Å². The van der Waals surface area contributed by atoms with Gasteiger partial charge in [0.15, 0.2) is 0 Å². The lowest BCUT2D eigenvalue weighted by Crippen LogP contribution is -2.46. The van der Waals surface area contributed by atoms with Crippen LogP contribution in [0, 0.1) is 11.3 Å². The highest BCUT2D eigenvalue weighted by atomic mass is 16.5. The van der Waals surface area contributed by atoms with Crippen LogP contribution < -0.4 is 14.4 Å². The Kier molecular flexibility index (Phi) is 8.61. The van der Waals surface area contributed by atoms with Gasteiger partial charge >= 0.3 is 5.97 Å². The summed E-state index contributed by atoms with van der Waals surface area (Å²) in [6.07, 6.45) is 1.60. The maximum absolute atomic E-state index is 13.3. The molecule has 2 heterocycles. The summed E-state index contributed by atoms with van der Waals surface area (Å²) in [7, 11) is 1.60. The number of esters is 1. The van der Waals surface area contributed by atoms with Crippen LogP contribution in [0.5, 0.6) is 11.5 Å². The van der Waals surface area contributed by atoms with Gasteiger partial charge in [0.1, 0.15) is 17.3 Å². The summed E-state index contributed by atoms with van der Waals surface area (Å²) < 4.78 is 11.4. The molecule has 4 aromatic rings. The summed E-state index contributed by atoms with van der Waals surface area (Å²) in [6.45, 7) is 8.59. The maximum atomic E-state index is 13.3. The predicted octanol–water partition coefficient (Wildman–Crippen LogP) is 6.29. The fourth-order valence-corrected chi connectivity index (χ4v) is 5.12. The number of piperazine rings is 1. The minimum atomic E-state index is -0.463. The first kappa shape index (κ1) is 27.9. The Bertz CT molecular complexity index is 1530. The van der Waals surface area contributed by atoms with Gasteiger partial charge in [-0.3, -0.25) is 4.90 Å². The van der Waals surface area contributed by atoms with Gasteiger partial charge in [0.25, 0.3) is 0 Å². The van der Waals surface area contributed by atoms with E-state index in [2.05, 4.69) is 52.9 Å². The molecule has 1 saturated heterocycles. The van der Waals surface area contributed by atoms with Crippen LogP contribution in [-0.4, -0.2) is 49.1 Å². The number of benzene rings is 3. The van der Waals surface area contributed by atoms with Crippen molar-refractivity contribution >= 4 is 11.8 Å². The molecule has 1 aromatic heterocycles. The van der Waals surface area contributed by atoms with Crippen LogP contribution in [0.15, 0.2) is 85.1 Å². The van der Waals surface area contributed by atoms with E-state index in [9.17, 15) is 4.79 Å². The van der Waals surface area contributed by atoms with E-state index in [1.165, 1.54) is 5.56 Å². The molecule has 0 bridgehead atoms. The molecule has 7 nitrogen and oxygen atoms in total. The number of hydrogen-bond donors (Lipinski definition) is 0. The van der Waals surface area contributed by atoms with E-state index in [-0.39, 0.29) is 0 Å². The zero-order valence-corrected chi connectivity index (χ0v) is 23.7. The molecule has 5 rings (SSSR count). The Morgan fingerprint density at radius 1 is 0.976 bits per heavy atom. The number of hydrogen-bond acceptors (Lipinski definition) is 7. The number of carbonyl (C=O) groups is 1. The van der Waals surface area contributed by atoms with Gasteiger partial charge in [-0.15, -0.1) is 0 Å². The lowest BCUT2D eigenvalue weighted by molar-refractivity contribution is 0.0734. The van der Waals surface area contributed by atoms with Gasteiger partial charge in [-0.2, -0.15) is 5.26 Å². The third-order valence-corrected chi connectivity index (χ3v) is 7.42. The van der Waals surface area contributed by atoms with Gasteiger partial charge in [-0.05, 0) is 59.0 Å². The zero-order chi connectivity index (χ0) is 28.8. The van der Waals surface area contributed by atoms with Gasteiger partial charge in [0, 0.05) is 38.3 Å². The van der Waals surface area contributed by atoms with Crippen molar-refractivity contribution < 1.29 is 14.3 Å². The van der Waals surface area contributed by atoms with Crippen LogP contribution in [0.3, 0.4) is 0 Å². The minimum absolute atomic E-state index is 0.388. The second kappa shape index (κ2) is 12.7. The lowest BCUT2D eigenvalue weighted by atomic mass is 9.95. The van der Waals surface area contributed by atoms with Crippen LogP contribution in [0.25, 0.3) is 11.1 Å². The molecule has 1 aliphatic heterocycles. The van der Waals surface area contributed by atoms with Crippen molar-refractivity contribution in [3.05, 3.63) is 107 Å². The van der Waals surface area contributed by atoms with Crippen LogP contribution >= 0.6 is 0 Å². The van der Waals surface area contributed by atoms with Crippen molar-refractivity contribution in [2.75, 3.05) is 38.2 Å². The van der Waals surface area contributed by atoms with Crippen molar-refractivity contribution in [1.82, 2.24) is 9.88 Å².